The van der Waals surface area contributed by atoms with Crippen molar-refractivity contribution in [3.8, 4) is 23.0 Å². The van der Waals surface area contributed by atoms with Crippen LogP contribution in [0.15, 0.2) is 82.6 Å². The largest absolute Gasteiger partial charge is 0.492 e. The van der Waals surface area contributed by atoms with Gasteiger partial charge in [0.15, 0.2) is 17.3 Å². The molecule has 0 aliphatic carbocycles. The van der Waals surface area contributed by atoms with Gasteiger partial charge in [-0.3, -0.25) is 9.55 Å². The molecule has 0 amide bonds. The van der Waals surface area contributed by atoms with Crippen molar-refractivity contribution >= 4 is 26.9 Å². The summed E-state index contributed by atoms with van der Waals surface area (Å²) in [5.41, 5.74) is 8.46. The molecule has 0 unspecified atom stereocenters. The van der Waals surface area contributed by atoms with Crippen LogP contribution in [0, 0.1) is 0 Å². The quantitative estimate of drug-likeness (QED) is 0.321. The van der Waals surface area contributed by atoms with Gasteiger partial charge in [0.25, 0.3) is 0 Å². The monoisotopic (exact) mass is 477 g/mol. The average molecular weight is 478 g/mol. The summed E-state index contributed by atoms with van der Waals surface area (Å²) in [5.74, 6) is 1.17. The summed E-state index contributed by atoms with van der Waals surface area (Å²) in [6.45, 7) is 0.290. The first-order valence-corrected chi connectivity index (χ1v) is 11.7. The molecule has 0 atom stereocenters. The maximum absolute atomic E-state index is 12.3. The summed E-state index contributed by atoms with van der Waals surface area (Å²) in [5, 5.41) is 7.53. The van der Waals surface area contributed by atoms with Gasteiger partial charge in [-0.05, 0) is 52.8 Å². The standard InChI is InChI=1S/C22H19N7O4S/c23-21-20(27-33-28-21)22-26-18-14-24-11-10-19(18)29(22)15-6-8-16(9-7-15)32-13-12-25-34(30,31)17-4-2-1-3-5-17/h1-11,14,25H,12-13H2,(H2,23,28). The number of pyridine rings is 1. The Morgan fingerprint density at radius 1 is 1.03 bits per heavy atom. The van der Waals surface area contributed by atoms with Gasteiger partial charge in [-0.1, -0.05) is 18.2 Å². The predicted octanol–water partition coefficient (Wildman–Crippen LogP) is 2.41. The van der Waals surface area contributed by atoms with Gasteiger partial charge in [0.2, 0.25) is 10.0 Å². The normalized spacial score (nSPS) is 11.6. The third-order valence-corrected chi connectivity index (χ3v) is 6.47. The number of aromatic nitrogens is 5. The lowest BCUT2D eigenvalue weighted by Crippen LogP contribution is -2.28. The molecule has 3 heterocycles. The Balaban J connectivity index is 1.32. The second-order valence-corrected chi connectivity index (χ2v) is 8.95. The third kappa shape index (κ3) is 4.19. The predicted molar refractivity (Wildman–Crippen MR) is 124 cm³/mol. The molecular formula is C22H19N7O4S. The molecule has 34 heavy (non-hydrogen) atoms. The molecule has 11 nitrogen and oxygen atoms in total. The number of nitrogens with zero attached hydrogens (tertiary/aromatic N) is 5. The van der Waals surface area contributed by atoms with Crippen molar-refractivity contribution in [2.45, 2.75) is 4.90 Å². The van der Waals surface area contributed by atoms with E-state index in [1.807, 2.05) is 22.8 Å². The van der Waals surface area contributed by atoms with Crippen molar-refractivity contribution in [2.75, 3.05) is 18.9 Å². The Bertz CT molecular complexity index is 1530. The summed E-state index contributed by atoms with van der Waals surface area (Å²) in [6.07, 6.45) is 3.32. The van der Waals surface area contributed by atoms with Crippen molar-refractivity contribution in [3.63, 3.8) is 0 Å². The number of benzene rings is 2. The number of sulfonamides is 1. The summed E-state index contributed by atoms with van der Waals surface area (Å²) in [6, 6.07) is 17.3. The number of ether oxygens (including phenoxy) is 1. The number of hydrogen-bond donors (Lipinski definition) is 2. The molecule has 0 bridgehead atoms. The molecule has 5 aromatic rings. The number of hydrogen-bond acceptors (Lipinski definition) is 9. The zero-order valence-corrected chi connectivity index (χ0v) is 18.5. The molecule has 0 radical (unpaired) electrons. The first-order chi connectivity index (χ1) is 16.5. The van der Waals surface area contributed by atoms with E-state index in [0.29, 0.717) is 22.8 Å². The minimum absolute atomic E-state index is 0.126. The van der Waals surface area contributed by atoms with Crippen molar-refractivity contribution < 1.29 is 17.8 Å². The number of fused-ring (bicyclic) bond motifs is 1. The van der Waals surface area contributed by atoms with E-state index in [1.165, 1.54) is 12.1 Å². The van der Waals surface area contributed by atoms with E-state index in [4.69, 9.17) is 15.1 Å². The maximum atomic E-state index is 12.3. The maximum Gasteiger partial charge on any atom is 0.240 e. The van der Waals surface area contributed by atoms with Gasteiger partial charge in [0, 0.05) is 18.4 Å². The second-order valence-electron chi connectivity index (χ2n) is 7.19. The van der Waals surface area contributed by atoms with Crippen LogP contribution >= 0.6 is 0 Å². The molecule has 0 spiro atoms. The minimum Gasteiger partial charge on any atom is -0.492 e. The van der Waals surface area contributed by atoms with E-state index in [2.05, 4.69) is 25.0 Å². The first kappa shape index (κ1) is 21.6. The number of nitrogen functional groups attached to an aromatic ring is 1. The Morgan fingerprint density at radius 2 is 1.82 bits per heavy atom. The van der Waals surface area contributed by atoms with E-state index in [0.717, 1.165) is 11.2 Å². The average Bonchev–Trinajstić information content (AvgIpc) is 3.46. The number of imidazole rings is 1. The highest BCUT2D eigenvalue weighted by Gasteiger charge is 2.20. The van der Waals surface area contributed by atoms with E-state index in [-0.39, 0.29) is 23.9 Å². The van der Waals surface area contributed by atoms with Gasteiger partial charge in [-0.2, -0.15) is 0 Å². The highest BCUT2D eigenvalue weighted by atomic mass is 32.2. The van der Waals surface area contributed by atoms with Gasteiger partial charge in [-0.15, -0.1) is 0 Å². The Morgan fingerprint density at radius 3 is 2.56 bits per heavy atom. The van der Waals surface area contributed by atoms with Gasteiger partial charge >= 0.3 is 0 Å². The molecule has 2 aromatic carbocycles. The smallest absolute Gasteiger partial charge is 0.240 e. The van der Waals surface area contributed by atoms with Crippen LogP contribution in [-0.2, 0) is 10.0 Å². The Kier molecular flexibility index (Phi) is 5.65. The lowest BCUT2D eigenvalue weighted by molar-refractivity contribution is 0.310. The molecule has 0 aliphatic heterocycles. The topological polar surface area (TPSA) is 151 Å². The van der Waals surface area contributed by atoms with E-state index in [9.17, 15) is 8.42 Å². The third-order valence-electron chi connectivity index (χ3n) is 4.99. The van der Waals surface area contributed by atoms with Gasteiger partial charge in [0.1, 0.15) is 17.9 Å². The van der Waals surface area contributed by atoms with Gasteiger partial charge in [-0.25, -0.2) is 22.8 Å². The lowest BCUT2D eigenvalue weighted by Gasteiger charge is -2.11. The molecular weight excluding hydrogens is 458 g/mol. The molecule has 12 heteroatoms. The number of nitrogens with two attached hydrogens (primary N) is 1. The summed E-state index contributed by atoms with van der Waals surface area (Å²) < 4.78 is 39.4. The van der Waals surface area contributed by atoms with Crippen LogP contribution in [0.4, 0.5) is 5.82 Å². The van der Waals surface area contributed by atoms with Crippen LogP contribution < -0.4 is 15.2 Å². The Labute approximate surface area is 194 Å². The first-order valence-electron chi connectivity index (χ1n) is 10.2. The van der Waals surface area contributed by atoms with Crippen LogP contribution in [0.5, 0.6) is 5.75 Å². The summed E-state index contributed by atoms with van der Waals surface area (Å²) in [7, 11) is -3.58. The fraction of sp³-hybridized carbons (Fsp3) is 0.0909. The molecule has 0 fully saturated rings. The van der Waals surface area contributed by atoms with Crippen LogP contribution in [0.3, 0.4) is 0 Å². The molecule has 3 N–H and O–H groups in total. The second kappa shape index (κ2) is 8.92. The zero-order chi connectivity index (χ0) is 23.5. The summed E-state index contributed by atoms with van der Waals surface area (Å²) >= 11 is 0. The van der Waals surface area contributed by atoms with Crippen molar-refractivity contribution in [3.05, 3.63) is 73.1 Å². The minimum atomic E-state index is -3.58. The number of rotatable bonds is 8. The molecule has 172 valence electrons. The number of nitrogens with one attached hydrogen (secondary N) is 1. The summed E-state index contributed by atoms with van der Waals surface area (Å²) in [4.78, 5) is 8.92. The lowest BCUT2D eigenvalue weighted by atomic mass is 10.2. The van der Waals surface area contributed by atoms with Crippen LogP contribution in [0.1, 0.15) is 0 Å². The molecule has 0 aliphatic rings. The highest BCUT2D eigenvalue weighted by Crippen LogP contribution is 2.30. The molecule has 3 aromatic heterocycles. The molecule has 0 saturated heterocycles. The van der Waals surface area contributed by atoms with Crippen LogP contribution in [-0.4, -0.2) is 46.4 Å². The van der Waals surface area contributed by atoms with Crippen molar-refractivity contribution in [1.82, 2.24) is 29.6 Å². The van der Waals surface area contributed by atoms with Crippen LogP contribution in [0.2, 0.25) is 0 Å². The zero-order valence-electron chi connectivity index (χ0n) is 17.7. The number of anilines is 1. The van der Waals surface area contributed by atoms with Gasteiger partial charge < -0.3 is 10.5 Å². The fourth-order valence-corrected chi connectivity index (χ4v) is 4.46. The van der Waals surface area contributed by atoms with Gasteiger partial charge in [0.05, 0.1) is 16.6 Å². The fourth-order valence-electron chi connectivity index (χ4n) is 3.42. The van der Waals surface area contributed by atoms with Crippen molar-refractivity contribution in [1.29, 1.82) is 0 Å². The van der Waals surface area contributed by atoms with E-state index >= 15 is 0 Å². The van der Waals surface area contributed by atoms with Crippen molar-refractivity contribution in [2.24, 2.45) is 0 Å². The van der Waals surface area contributed by atoms with E-state index < -0.39 is 10.0 Å². The SMILES string of the molecule is Nc1nonc1-c1nc2cnccc2n1-c1ccc(OCCNS(=O)(=O)c2ccccc2)cc1. The Hall–Kier alpha value is -4.29. The van der Waals surface area contributed by atoms with E-state index in [1.54, 1.807) is 42.7 Å². The molecule has 5 rings (SSSR count). The molecule has 0 saturated carbocycles. The van der Waals surface area contributed by atoms with Crippen LogP contribution in [0.25, 0.3) is 28.2 Å². The highest BCUT2D eigenvalue weighted by molar-refractivity contribution is 7.89.